The van der Waals surface area contributed by atoms with Crippen LogP contribution in [-0.4, -0.2) is 20.7 Å². The Balaban J connectivity index is 1.56. The van der Waals surface area contributed by atoms with Crippen molar-refractivity contribution in [2.45, 2.75) is 19.4 Å². The van der Waals surface area contributed by atoms with E-state index in [0.717, 1.165) is 5.69 Å². The van der Waals surface area contributed by atoms with Crippen molar-refractivity contribution in [2.24, 2.45) is 0 Å². The first-order chi connectivity index (χ1) is 11.7. The molecule has 0 unspecified atom stereocenters. The molecule has 1 N–H and O–H groups in total. The van der Waals surface area contributed by atoms with Crippen LogP contribution in [0.1, 0.15) is 17.8 Å². The summed E-state index contributed by atoms with van der Waals surface area (Å²) in [5, 5.41) is 10.7. The van der Waals surface area contributed by atoms with Crippen LogP contribution in [0.15, 0.2) is 60.9 Å². The van der Waals surface area contributed by atoms with Gasteiger partial charge in [0.2, 0.25) is 5.91 Å². The van der Waals surface area contributed by atoms with Gasteiger partial charge < -0.3 is 5.32 Å². The number of hydrogen-bond acceptors (Lipinski definition) is 3. The molecular weight excluding hydrogens is 307 g/mol. The van der Waals surface area contributed by atoms with Crippen LogP contribution in [0.5, 0.6) is 0 Å². The van der Waals surface area contributed by atoms with E-state index in [1.165, 1.54) is 6.07 Å². The predicted octanol–water partition coefficient (Wildman–Crippen LogP) is 2.66. The molecule has 0 fully saturated rings. The average Bonchev–Trinajstić information content (AvgIpc) is 3.08. The first-order valence-corrected chi connectivity index (χ1v) is 7.68. The highest BCUT2D eigenvalue weighted by Crippen LogP contribution is 2.10. The normalized spacial score (nSPS) is 10.5. The molecule has 24 heavy (non-hydrogen) atoms. The maximum atomic E-state index is 13.5. The standard InChI is InChI=1S/C18H17FN4O/c19-16-9-5-4-6-14(16)10-11-18(24)20-12-17-22-21-13-23(17)15-7-2-1-3-8-15/h1-9,13H,10-12H2,(H,20,24). The summed E-state index contributed by atoms with van der Waals surface area (Å²) >= 11 is 0. The minimum absolute atomic E-state index is 0.152. The van der Waals surface area contributed by atoms with Gasteiger partial charge in [0.1, 0.15) is 12.1 Å². The molecule has 0 bridgehead atoms. The van der Waals surface area contributed by atoms with Gasteiger partial charge in [-0.3, -0.25) is 9.36 Å². The quantitative estimate of drug-likeness (QED) is 0.758. The van der Waals surface area contributed by atoms with Crippen LogP contribution in [0, 0.1) is 5.82 Å². The van der Waals surface area contributed by atoms with E-state index >= 15 is 0 Å². The molecule has 6 heteroatoms. The number of para-hydroxylation sites is 1. The predicted molar refractivity (Wildman–Crippen MR) is 87.9 cm³/mol. The fraction of sp³-hybridized carbons (Fsp3) is 0.167. The van der Waals surface area contributed by atoms with Crippen molar-refractivity contribution in [3.05, 3.63) is 78.1 Å². The Labute approximate surface area is 139 Å². The van der Waals surface area contributed by atoms with E-state index in [2.05, 4.69) is 15.5 Å². The van der Waals surface area contributed by atoms with E-state index in [4.69, 9.17) is 0 Å². The SMILES string of the molecule is O=C(CCc1ccccc1F)NCc1nncn1-c1ccccc1. The number of hydrogen-bond donors (Lipinski definition) is 1. The summed E-state index contributed by atoms with van der Waals surface area (Å²) in [6.07, 6.45) is 2.19. The van der Waals surface area contributed by atoms with Gasteiger partial charge in [0.25, 0.3) is 0 Å². The van der Waals surface area contributed by atoms with Crippen molar-refractivity contribution in [1.29, 1.82) is 0 Å². The zero-order chi connectivity index (χ0) is 16.8. The number of nitrogens with one attached hydrogen (secondary N) is 1. The molecule has 2 aromatic carbocycles. The molecule has 0 spiro atoms. The second-order valence-corrected chi connectivity index (χ2v) is 5.32. The van der Waals surface area contributed by atoms with Gasteiger partial charge in [-0.1, -0.05) is 36.4 Å². The second kappa shape index (κ2) is 7.50. The van der Waals surface area contributed by atoms with Gasteiger partial charge in [-0.15, -0.1) is 10.2 Å². The summed E-state index contributed by atoms with van der Waals surface area (Å²) in [6, 6.07) is 16.1. The molecule has 0 radical (unpaired) electrons. The van der Waals surface area contributed by atoms with Crippen molar-refractivity contribution >= 4 is 5.91 Å². The molecular formula is C18H17FN4O. The smallest absolute Gasteiger partial charge is 0.220 e. The van der Waals surface area contributed by atoms with Gasteiger partial charge >= 0.3 is 0 Å². The van der Waals surface area contributed by atoms with E-state index in [0.29, 0.717) is 17.8 Å². The maximum absolute atomic E-state index is 13.5. The molecule has 0 atom stereocenters. The molecule has 0 aliphatic heterocycles. The fourth-order valence-corrected chi connectivity index (χ4v) is 2.40. The van der Waals surface area contributed by atoms with Crippen molar-refractivity contribution in [2.75, 3.05) is 0 Å². The van der Waals surface area contributed by atoms with Crippen LogP contribution in [0.25, 0.3) is 5.69 Å². The largest absolute Gasteiger partial charge is 0.349 e. The molecule has 5 nitrogen and oxygen atoms in total. The van der Waals surface area contributed by atoms with Crippen molar-refractivity contribution < 1.29 is 9.18 Å². The summed E-state index contributed by atoms with van der Waals surface area (Å²) in [5.41, 5.74) is 1.47. The van der Waals surface area contributed by atoms with Gasteiger partial charge in [-0.25, -0.2) is 4.39 Å². The Bertz CT molecular complexity index is 817. The fourth-order valence-electron chi connectivity index (χ4n) is 2.40. The summed E-state index contributed by atoms with van der Waals surface area (Å²) in [7, 11) is 0. The van der Waals surface area contributed by atoms with Crippen LogP contribution < -0.4 is 5.32 Å². The summed E-state index contributed by atoms with van der Waals surface area (Å²) in [5.74, 6) is 0.204. The summed E-state index contributed by atoms with van der Waals surface area (Å²) in [6.45, 7) is 0.269. The Morgan fingerprint density at radius 2 is 1.83 bits per heavy atom. The third-order valence-corrected chi connectivity index (χ3v) is 3.68. The first-order valence-electron chi connectivity index (χ1n) is 7.68. The van der Waals surface area contributed by atoms with Gasteiger partial charge in [0.05, 0.1) is 6.54 Å². The monoisotopic (exact) mass is 324 g/mol. The minimum Gasteiger partial charge on any atom is -0.349 e. The number of benzene rings is 2. The number of carbonyl (C=O) groups excluding carboxylic acids is 1. The minimum atomic E-state index is -0.283. The lowest BCUT2D eigenvalue weighted by Crippen LogP contribution is -2.24. The van der Waals surface area contributed by atoms with Gasteiger partial charge in [-0.05, 0) is 30.2 Å². The van der Waals surface area contributed by atoms with Crippen LogP contribution in [0.3, 0.4) is 0 Å². The molecule has 0 aliphatic carbocycles. The second-order valence-electron chi connectivity index (χ2n) is 5.32. The number of aromatic nitrogens is 3. The van der Waals surface area contributed by atoms with Crippen LogP contribution in [-0.2, 0) is 17.8 Å². The van der Waals surface area contributed by atoms with Crippen LogP contribution in [0.4, 0.5) is 4.39 Å². The van der Waals surface area contributed by atoms with Gasteiger partial charge in [0, 0.05) is 12.1 Å². The highest BCUT2D eigenvalue weighted by molar-refractivity contribution is 5.76. The third kappa shape index (κ3) is 3.84. The lowest BCUT2D eigenvalue weighted by molar-refractivity contribution is -0.121. The van der Waals surface area contributed by atoms with Crippen molar-refractivity contribution in [3.8, 4) is 5.69 Å². The highest BCUT2D eigenvalue weighted by atomic mass is 19.1. The number of nitrogens with zero attached hydrogens (tertiary/aromatic N) is 3. The molecule has 3 aromatic rings. The molecule has 0 saturated carbocycles. The average molecular weight is 324 g/mol. The van der Waals surface area contributed by atoms with E-state index in [9.17, 15) is 9.18 Å². The molecule has 3 rings (SSSR count). The topological polar surface area (TPSA) is 59.8 Å². The van der Waals surface area contributed by atoms with E-state index < -0.39 is 0 Å². The Morgan fingerprint density at radius 1 is 1.08 bits per heavy atom. The zero-order valence-corrected chi connectivity index (χ0v) is 13.0. The lowest BCUT2D eigenvalue weighted by Gasteiger charge is -2.08. The van der Waals surface area contributed by atoms with E-state index in [1.807, 2.05) is 34.9 Å². The summed E-state index contributed by atoms with van der Waals surface area (Å²) < 4.78 is 15.4. The molecule has 1 aromatic heterocycles. The molecule has 122 valence electrons. The molecule has 1 heterocycles. The molecule has 0 saturated heterocycles. The van der Waals surface area contributed by atoms with E-state index in [-0.39, 0.29) is 24.7 Å². The molecule has 0 aliphatic rings. The third-order valence-electron chi connectivity index (χ3n) is 3.68. The maximum Gasteiger partial charge on any atom is 0.220 e. The summed E-state index contributed by atoms with van der Waals surface area (Å²) in [4.78, 5) is 12.0. The number of aryl methyl sites for hydroxylation is 1. The highest BCUT2D eigenvalue weighted by Gasteiger charge is 2.09. The van der Waals surface area contributed by atoms with Crippen molar-refractivity contribution in [3.63, 3.8) is 0 Å². The van der Waals surface area contributed by atoms with Crippen LogP contribution in [0.2, 0.25) is 0 Å². The van der Waals surface area contributed by atoms with E-state index in [1.54, 1.807) is 24.5 Å². The van der Waals surface area contributed by atoms with Gasteiger partial charge in [0.15, 0.2) is 5.82 Å². The van der Waals surface area contributed by atoms with Gasteiger partial charge in [-0.2, -0.15) is 0 Å². The Morgan fingerprint density at radius 3 is 2.62 bits per heavy atom. The first kappa shape index (κ1) is 15.9. The lowest BCUT2D eigenvalue weighted by atomic mass is 10.1. The Hall–Kier alpha value is -3.02. The van der Waals surface area contributed by atoms with Crippen LogP contribution >= 0.6 is 0 Å². The Kier molecular flexibility index (Phi) is 4.96. The zero-order valence-electron chi connectivity index (χ0n) is 13.0. The molecule has 1 amide bonds. The number of amides is 1. The van der Waals surface area contributed by atoms with Crippen molar-refractivity contribution in [1.82, 2.24) is 20.1 Å². The number of carbonyl (C=O) groups is 1. The number of rotatable bonds is 6. The number of halogens is 1.